The van der Waals surface area contributed by atoms with Gasteiger partial charge >= 0.3 is 0 Å². The summed E-state index contributed by atoms with van der Waals surface area (Å²) in [6.45, 7) is 5.14. The lowest BCUT2D eigenvalue weighted by molar-refractivity contribution is -0.130. The number of nitrogens with two attached hydrogens (primary N) is 1. The second kappa shape index (κ2) is 7.38. The van der Waals surface area contributed by atoms with Gasteiger partial charge in [0.05, 0.1) is 6.42 Å². The van der Waals surface area contributed by atoms with Crippen LogP contribution in [0.25, 0.3) is 10.9 Å². The van der Waals surface area contributed by atoms with Gasteiger partial charge in [-0.2, -0.15) is 0 Å². The summed E-state index contributed by atoms with van der Waals surface area (Å²) in [5.41, 5.74) is 10.5. The Hall–Kier alpha value is -3.28. The minimum absolute atomic E-state index is 0.0371. The average Bonchev–Trinajstić information content (AvgIpc) is 3.03. The molecule has 144 valence electrons. The Morgan fingerprint density at radius 3 is 2.50 bits per heavy atom. The number of H-pyrrole nitrogens is 1. The van der Waals surface area contributed by atoms with Crippen LogP contribution in [0.2, 0.25) is 0 Å². The number of amidine groups is 1. The molecule has 0 radical (unpaired) electrons. The maximum atomic E-state index is 12.9. The number of amides is 1. The highest BCUT2D eigenvalue weighted by molar-refractivity contribution is 6.00. The van der Waals surface area contributed by atoms with Gasteiger partial charge in [-0.15, -0.1) is 0 Å². The number of aromatic amines is 1. The van der Waals surface area contributed by atoms with Crippen LogP contribution < -0.4 is 10.6 Å². The zero-order valence-corrected chi connectivity index (χ0v) is 16.0. The highest BCUT2D eigenvalue weighted by Gasteiger charge is 2.23. The maximum absolute atomic E-state index is 12.9. The van der Waals surface area contributed by atoms with E-state index in [4.69, 9.17) is 11.1 Å². The first-order valence-electron chi connectivity index (χ1n) is 9.56. The number of aryl methyl sites for hydroxylation is 1. The molecule has 2 aromatic carbocycles. The van der Waals surface area contributed by atoms with Crippen molar-refractivity contribution in [3.05, 3.63) is 65.4 Å². The van der Waals surface area contributed by atoms with Crippen molar-refractivity contribution in [3.8, 4) is 0 Å². The van der Waals surface area contributed by atoms with E-state index in [1.807, 2.05) is 48.2 Å². The number of fused-ring (bicyclic) bond motifs is 1. The van der Waals surface area contributed by atoms with Crippen LogP contribution in [0.4, 0.5) is 5.69 Å². The standard InChI is InChI=1S/C22H25N5O/c1-15-18(19-13-16(22(23)24)7-8-20(19)25-15)14-21(28)27-11-9-26(10-12-27)17-5-3-2-4-6-17/h2-8,13,25H,9-12,14H2,1H3,(H3,23,24). The second-order valence-corrected chi connectivity index (χ2v) is 7.28. The molecule has 6 heteroatoms. The van der Waals surface area contributed by atoms with E-state index in [1.165, 1.54) is 5.69 Å². The van der Waals surface area contributed by atoms with Crippen LogP contribution in [0.15, 0.2) is 48.5 Å². The number of hydrogen-bond donors (Lipinski definition) is 3. The van der Waals surface area contributed by atoms with Gasteiger partial charge in [-0.25, -0.2) is 0 Å². The van der Waals surface area contributed by atoms with Crippen molar-refractivity contribution in [2.75, 3.05) is 31.1 Å². The van der Waals surface area contributed by atoms with Crippen LogP contribution in [0.1, 0.15) is 16.8 Å². The van der Waals surface area contributed by atoms with E-state index in [0.29, 0.717) is 12.0 Å². The summed E-state index contributed by atoms with van der Waals surface area (Å²) in [5.74, 6) is 0.181. The monoisotopic (exact) mass is 375 g/mol. The Labute approximate surface area is 164 Å². The van der Waals surface area contributed by atoms with Gasteiger partial charge in [0.2, 0.25) is 5.91 Å². The highest BCUT2D eigenvalue weighted by Crippen LogP contribution is 2.25. The molecular weight excluding hydrogens is 350 g/mol. The van der Waals surface area contributed by atoms with E-state index < -0.39 is 0 Å². The van der Waals surface area contributed by atoms with E-state index in [-0.39, 0.29) is 11.7 Å². The Kier molecular flexibility index (Phi) is 4.77. The Bertz CT molecular complexity index is 1020. The molecule has 1 amide bonds. The second-order valence-electron chi connectivity index (χ2n) is 7.28. The highest BCUT2D eigenvalue weighted by atomic mass is 16.2. The molecule has 1 aliphatic heterocycles. The van der Waals surface area contributed by atoms with Crippen LogP contribution in [-0.2, 0) is 11.2 Å². The Morgan fingerprint density at radius 2 is 1.82 bits per heavy atom. The predicted molar refractivity (Wildman–Crippen MR) is 113 cm³/mol. The number of aromatic nitrogens is 1. The third kappa shape index (κ3) is 3.45. The van der Waals surface area contributed by atoms with Crippen molar-refractivity contribution in [1.82, 2.24) is 9.88 Å². The average molecular weight is 375 g/mol. The number of anilines is 1. The fourth-order valence-corrected chi connectivity index (χ4v) is 3.89. The zero-order valence-electron chi connectivity index (χ0n) is 16.0. The molecule has 28 heavy (non-hydrogen) atoms. The van der Waals surface area contributed by atoms with Crippen molar-refractivity contribution in [2.24, 2.45) is 5.73 Å². The summed E-state index contributed by atoms with van der Waals surface area (Å²) in [6.07, 6.45) is 0.360. The number of hydrogen-bond acceptors (Lipinski definition) is 3. The number of nitrogens with zero attached hydrogens (tertiary/aromatic N) is 2. The van der Waals surface area contributed by atoms with Crippen molar-refractivity contribution < 1.29 is 4.79 Å². The van der Waals surface area contributed by atoms with Gasteiger partial charge in [0.25, 0.3) is 0 Å². The first-order chi connectivity index (χ1) is 13.5. The third-order valence-electron chi connectivity index (χ3n) is 5.51. The molecule has 3 aromatic rings. The molecule has 4 rings (SSSR count). The lowest BCUT2D eigenvalue weighted by Crippen LogP contribution is -2.49. The predicted octanol–water partition coefficient (Wildman–Crippen LogP) is 2.65. The normalized spacial score (nSPS) is 14.5. The molecule has 0 aliphatic carbocycles. The molecule has 0 spiro atoms. The van der Waals surface area contributed by atoms with Gasteiger partial charge in [-0.05, 0) is 42.8 Å². The SMILES string of the molecule is Cc1[nH]c2ccc(C(=N)N)cc2c1CC(=O)N1CCN(c2ccccc2)CC1. The number of para-hydroxylation sites is 1. The van der Waals surface area contributed by atoms with Gasteiger partial charge in [0.15, 0.2) is 0 Å². The Balaban J connectivity index is 1.48. The van der Waals surface area contributed by atoms with Crippen LogP contribution in [0.3, 0.4) is 0 Å². The molecule has 1 aliphatic rings. The van der Waals surface area contributed by atoms with E-state index in [1.54, 1.807) is 0 Å². The molecule has 0 atom stereocenters. The maximum Gasteiger partial charge on any atom is 0.227 e. The molecule has 1 saturated heterocycles. The molecule has 2 heterocycles. The van der Waals surface area contributed by atoms with E-state index in [2.05, 4.69) is 22.0 Å². The summed E-state index contributed by atoms with van der Waals surface area (Å²) in [7, 11) is 0. The van der Waals surface area contributed by atoms with Gasteiger partial charge in [0, 0.05) is 54.0 Å². The number of nitrogen functional groups attached to an aromatic ring is 1. The number of piperazine rings is 1. The van der Waals surface area contributed by atoms with Gasteiger partial charge in [-0.1, -0.05) is 18.2 Å². The quantitative estimate of drug-likeness (QED) is 0.484. The van der Waals surface area contributed by atoms with Crippen LogP contribution in [-0.4, -0.2) is 47.8 Å². The van der Waals surface area contributed by atoms with E-state index in [9.17, 15) is 4.79 Å². The minimum Gasteiger partial charge on any atom is -0.384 e. The van der Waals surface area contributed by atoms with Gasteiger partial charge < -0.3 is 20.5 Å². The number of benzene rings is 2. The Morgan fingerprint density at radius 1 is 1.11 bits per heavy atom. The lowest BCUT2D eigenvalue weighted by Gasteiger charge is -2.36. The fourth-order valence-electron chi connectivity index (χ4n) is 3.89. The van der Waals surface area contributed by atoms with Crippen molar-refractivity contribution in [1.29, 1.82) is 5.41 Å². The molecule has 0 saturated carbocycles. The van der Waals surface area contributed by atoms with E-state index >= 15 is 0 Å². The van der Waals surface area contributed by atoms with Crippen molar-refractivity contribution in [2.45, 2.75) is 13.3 Å². The first kappa shape index (κ1) is 18.1. The molecule has 0 unspecified atom stereocenters. The minimum atomic E-state index is 0.0371. The third-order valence-corrected chi connectivity index (χ3v) is 5.51. The van der Waals surface area contributed by atoms with Crippen LogP contribution in [0.5, 0.6) is 0 Å². The van der Waals surface area contributed by atoms with Gasteiger partial charge in [-0.3, -0.25) is 10.2 Å². The molecular formula is C22H25N5O. The number of carbonyl (C=O) groups excluding carboxylic acids is 1. The lowest BCUT2D eigenvalue weighted by atomic mass is 10.0. The summed E-state index contributed by atoms with van der Waals surface area (Å²) >= 11 is 0. The summed E-state index contributed by atoms with van der Waals surface area (Å²) in [6, 6.07) is 16.0. The van der Waals surface area contributed by atoms with E-state index in [0.717, 1.165) is 48.3 Å². The molecule has 1 aromatic heterocycles. The first-order valence-corrected chi connectivity index (χ1v) is 9.56. The topological polar surface area (TPSA) is 89.2 Å². The molecule has 6 nitrogen and oxygen atoms in total. The molecule has 1 fully saturated rings. The smallest absolute Gasteiger partial charge is 0.227 e. The van der Waals surface area contributed by atoms with Crippen molar-refractivity contribution in [3.63, 3.8) is 0 Å². The van der Waals surface area contributed by atoms with Crippen molar-refractivity contribution >= 4 is 28.3 Å². The number of rotatable bonds is 4. The largest absolute Gasteiger partial charge is 0.384 e. The number of carbonyl (C=O) groups is 1. The summed E-state index contributed by atoms with van der Waals surface area (Å²) < 4.78 is 0. The zero-order chi connectivity index (χ0) is 19.7. The van der Waals surface area contributed by atoms with Crippen LogP contribution >= 0.6 is 0 Å². The summed E-state index contributed by atoms with van der Waals surface area (Å²) in [4.78, 5) is 20.6. The molecule has 0 bridgehead atoms. The fraction of sp³-hybridized carbons (Fsp3) is 0.273. The molecule has 4 N–H and O–H groups in total. The van der Waals surface area contributed by atoms with Crippen LogP contribution in [0, 0.1) is 12.3 Å². The number of nitrogens with one attached hydrogen (secondary N) is 2. The van der Waals surface area contributed by atoms with Gasteiger partial charge in [0.1, 0.15) is 5.84 Å². The summed E-state index contributed by atoms with van der Waals surface area (Å²) in [5, 5.41) is 8.64.